The Morgan fingerprint density at radius 2 is 1.64 bits per heavy atom. The summed E-state index contributed by atoms with van der Waals surface area (Å²) >= 11 is 0. The van der Waals surface area contributed by atoms with Crippen molar-refractivity contribution in [1.29, 1.82) is 0 Å². The van der Waals surface area contributed by atoms with Gasteiger partial charge in [-0.15, -0.1) is 0 Å². The minimum absolute atomic E-state index is 0.226. The number of hydrogen-bond donors (Lipinski definition) is 1. The Balaban J connectivity index is 2.19. The maximum atomic E-state index is 13.3. The summed E-state index contributed by atoms with van der Waals surface area (Å²) in [6.45, 7) is 6.85. The first-order valence-corrected chi connectivity index (χ1v) is 10.1. The summed E-state index contributed by atoms with van der Waals surface area (Å²) < 4.78 is 13.3. The smallest absolute Gasteiger partial charge is 0.325 e. The minimum atomic E-state index is -1.26. The molecule has 0 aliphatic carbocycles. The Kier molecular flexibility index (Phi) is 7.54. The molecule has 1 aliphatic heterocycles. The lowest BCUT2D eigenvalue weighted by molar-refractivity contribution is -0.139. The van der Waals surface area contributed by atoms with Gasteiger partial charge in [0.1, 0.15) is 17.9 Å². The molecule has 2 rings (SSSR count). The van der Waals surface area contributed by atoms with Gasteiger partial charge in [-0.25, -0.2) is 9.18 Å². The number of carbonyl (C=O) groups is 3. The Morgan fingerprint density at radius 3 is 2.14 bits per heavy atom. The summed E-state index contributed by atoms with van der Waals surface area (Å²) in [7, 11) is 0. The highest BCUT2D eigenvalue weighted by Gasteiger charge is 2.51. The second kappa shape index (κ2) is 9.66. The molecule has 0 spiro atoms. The van der Waals surface area contributed by atoms with Crippen LogP contribution in [-0.4, -0.2) is 47.3 Å². The molecular formula is C21H30FN3O3. The zero-order valence-corrected chi connectivity index (χ0v) is 17.0. The molecule has 1 aliphatic rings. The van der Waals surface area contributed by atoms with Gasteiger partial charge in [-0.05, 0) is 37.0 Å². The molecule has 4 amide bonds. The van der Waals surface area contributed by atoms with Crippen molar-refractivity contribution in [1.82, 2.24) is 15.1 Å². The molecule has 0 bridgehead atoms. The average Bonchev–Trinajstić information content (AvgIpc) is 2.93. The predicted octanol–water partition coefficient (Wildman–Crippen LogP) is 3.41. The summed E-state index contributed by atoms with van der Waals surface area (Å²) in [6, 6.07) is 4.93. The van der Waals surface area contributed by atoms with Gasteiger partial charge < -0.3 is 10.2 Å². The molecule has 1 N–H and O–H groups in total. The summed E-state index contributed by atoms with van der Waals surface area (Å²) in [6.07, 6.45) is 3.99. The molecule has 1 fully saturated rings. The van der Waals surface area contributed by atoms with Gasteiger partial charge in [-0.1, -0.05) is 45.7 Å². The fraction of sp³-hybridized carbons (Fsp3) is 0.571. The molecule has 0 saturated carbocycles. The van der Waals surface area contributed by atoms with Crippen molar-refractivity contribution >= 4 is 17.8 Å². The predicted molar refractivity (Wildman–Crippen MR) is 105 cm³/mol. The SMILES string of the molecule is CCCCN(CCCC)C(=O)CN1C(=O)N[C@](CC)(c2ccc(F)cc2)C1=O. The molecule has 0 unspecified atom stereocenters. The fourth-order valence-electron chi connectivity index (χ4n) is 3.44. The van der Waals surface area contributed by atoms with E-state index in [0.29, 0.717) is 25.1 Å². The van der Waals surface area contributed by atoms with Crippen LogP contribution in [0.25, 0.3) is 0 Å². The van der Waals surface area contributed by atoms with E-state index in [1.54, 1.807) is 11.8 Å². The van der Waals surface area contributed by atoms with E-state index in [1.165, 1.54) is 24.3 Å². The monoisotopic (exact) mass is 391 g/mol. The van der Waals surface area contributed by atoms with Crippen molar-refractivity contribution in [2.75, 3.05) is 19.6 Å². The van der Waals surface area contributed by atoms with Crippen LogP contribution in [0.2, 0.25) is 0 Å². The molecule has 6 nitrogen and oxygen atoms in total. The van der Waals surface area contributed by atoms with Crippen LogP contribution in [0.15, 0.2) is 24.3 Å². The van der Waals surface area contributed by atoms with Crippen molar-refractivity contribution in [2.24, 2.45) is 0 Å². The van der Waals surface area contributed by atoms with Crippen LogP contribution in [0.5, 0.6) is 0 Å². The van der Waals surface area contributed by atoms with Gasteiger partial charge in [0.05, 0.1) is 0 Å². The Labute approximate surface area is 166 Å². The number of urea groups is 1. The number of rotatable bonds is 10. The maximum Gasteiger partial charge on any atom is 0.325 e. The summed E-state index contributed by atoms with van der Waals surface area (Å²) in [5.74, 6) is -1.11. The van der Waals surface area contributed by atoms with E-state index in [-0.39, 0.29) is 12.5 Å². The average molecular weight is 391 g/mol. The Bertz CT molecular complexity index is 699. The first-order valence-electron chi connectivity index (χ1n) is 10.1. The standard InChI is InChI=1S/C21H30FN3O3/c1-4-7-13-24(14-8-5-2)18(26)15-25-19(27)21(6-3,23-20(25)28)16-9-11-17(22)12-10-16/h9-12H,4-8,13-15H2,1-3H3,(H,23,28)/t21-/m1/s1. The van der Waals surface area contributed by atoms with Gasteiger partial charge in [-0.3, -0.25) is 14.5 Å². The van der Waals surface area contributed by atoms with Crippen LogP contribution in [-0.2, 0) is 15.1 Å². The van der Waals surface area contributed by atoms with Gasteiger partial charge >= 0.3 is 6.03 Å². The number of nitrogens with one attached hydrogen (secondary N) is 1. The van der Waals surface area contributed by atoms with Crippen LogP contribution in [0, 0.1) is 5.82 Å². The third kappa shape index (κ3) is 4.51. The van der Waals surface area contributed by atoms with Gasteiger partial charge in [0.25, 0.3) is 5.91 Å². The molecule has 1 aromatic rings. The van der Waals surface area contributed by atoms with Crippen molar-refractivity contribution < 1.29 is 18.8 Å². The molecule has 28 heavy (non-hydrogen) atoms. The lowest BCUT2D eigenvalue weighted by Gasteiger charge is -2.27. The maximum absolute atomic E-state index is 13.3. The van der Waals surface area contributed by atoms with Crippen molar-refractivity contribution in [3.05, 3.63) is 35.6 Å². The van der Waals surface area contributed by atoms with Gasteiger partial charge in [0.15, 0.2) is 0 Å². The third-order valence-electron chi connectivity index (χ3n) is 5.25. The molecule has 0 radical (unpaired) electrons. The number of halogens is 1. The topological polar surface area (TPSA) is 69.7 Å². The van der Waals surface area contributed by atoms with Gasteiger partial charge in [0, 0.05) is 13.1 Å². The van der Waals surface area contributed by atoms with E-state index < -0.39 is 23.3 Å². The van der Waals surface area contributed by atoms with E-state index in [9.17, 15) is 18.8 Å². The molecule has 1 heterocycles. The Hall–Kier alpha value is -2.44. The van der Waals surface area contributed by atoms with Crippen molar-refractivity contribution in [3.63, 3.8) is 0 Å². The third-order valence-corrected chi connectivity index (χ3v) is 5.25. The summed E-state index contributed by atoms with van der Waals surface area (Å²) in [4.78, 5) is 41.2. The minimum Gasteiger partial charge on any atom is -0.341 e. The zero-order chi connectivity index (χ0) is 20.7. The molecule has 154 valence electrons. The normalized spacial score (nSPS) is 19.1. The number of carbonyl (C=O) groups excluding carboxylic acids is 3. The quantitative estimate of drug-likeness (QED) is 0.622. The van der Waals surface area contributed by atoms with Crippen LogP contribution < -0.4 is 5.32 Å². The van der Waals surface area contributed by atoms with Gasteiger partial charge in [-0.2, -0.15) is 0 Å². The van der Waals surface area contributed by atoms with Gasteiger partial charge in [0.2, 0.25) is 5.91 Å². The van der Waals surface area contributed by atoms with E-state index in [1.807, 2.05) is 0 Å². The zero-order valence-electron chi connectivity index (χ0n) is 17.0. The van der Waals surface area contributed by atoms with Crippen LogP contribution in [0.1, 0.15) is 58.4 Å². The van der Waals surface area contributed by atoms with E-state index in [4.69, 9.17) is 0 Å². The highest BCUT2D eigenvalue weighted by molar-refractivity contribution is 6.09. The molecular weight excluding hydrogens is 361 g/mol. The first kappa shape index (κ1) is 21.9. The van der Waals surface area contributed by atoms with Crippen LogP contribution in [0.3, 0.4) is 0 Å². The number of imide groups is 1. The molecule has 1 saturated heterocycles. The van der Waals surface area contributed by atoms with Crippen LogP contribution >= 0.6 is 0 Å². The molecule has 1 atom stereocenters. The lowest BCUT2D eigenvalue weighted by atomic mass is 9.87. The van der Waals surface area contributed by atoms with Crippen LogP contribution in [0.4, 0.5) is 9.18 Å². The second-order valence-corrected chi connectivity index (χ2v) is 7.18. The number of benzene rings is 1. The number of hydrogen-bond acceptors (Lipinski definition) is 3. The fourth-order valence-corrected chi connectivity index (χ4v) is 3.44. The largest absolute Gasteiger partial charge is 0.341 e. The van der Waals surface area contributed by atoms with E-state index in [0.717, 1.165) is 30.6 Å². The number of amides is 4. The number of unbranched alkanes of at least 4 members (excludes halogenated alkanes) is 2. The molecule has 0 aromatic heterocycles. The van der Waals surface area contributed by atoms with E-state index in [2.05, 4.69) is 19.2 Å². The Morgan fingerprint density at radius 1 is 1.07 bits per heavy atom. The molecule has 1 aromatic carbocycles. The summed E-state index contributed by atoms with van der Waals surface area (Å²) in [5.41, 5.74) is -0.749. The van der Waals surface area contributed by atoms with Crippen molar-refractivity contribution in [2.45, 2.75) is 58.4 Å². The second-order valence-electron chi connectivity index (χ2n) is 7.18. The van der Waals surface area contributed by atoms with Crippen molar-refractivity contribution in [3.8, 4) is 0 Å². The highest BCUT2D eigenvalue weighted by Crippen LogP contribution is 2.32. The number of nitrogens with zero attached hydrogens (tertiary/aromatic N) is 2. The lowest BCUT2D eigenvalue weighted by Crippen LogP contribution is -2.46. The van der Waals surface area contributed by atoms with E-state index >= 15 is 0 Å². The highest BCUT2D eigenvalue weighted by atomic mass is 19.1. The summed E-state index contributed by atoms with van der Waals surface area (Å²) in [5, 5.41) is 2.73. The molecule has 7 heteroatoms. The first-order chi connectivity index (χ1) is 13.4.